The number of hydrogen-bond donors (Lipinski definition) is 2. The third-order valence-electron chi connectivity index (χ3n) is 1.61. The van der Waals surface area contributed by atoms with E-state index in [1.165, 1.54) is 0 Å². The van der Waals surface area contributed by atoms with E-state index in [9.17, 15) is 0 Å². The van der Waals surface area contributed by atoms with E-state index in [1.807, 2.05) is 0 Å². The molecule has 68 valence electrons. The van der Waals surface area contributed by atoms with E-state index in [1.54, 1.807) is 33.9 Å². The minimum Gasteiger partial charge on any atom is -0.382 e. The Hall–Kier alpha value is -1.98. The van der Waals surface area contributed by atoms with Gasteiger partial charge in [-0.05, 0) is 0 Å². The van der Waals surface area contributed by atoms with Gasteiger partial charge >= 0.3 is 0 Å². The molecule has 0 aliphatic rings. The zero-order valence-electron chi connectivity index (χ0n) is 6.96. The number of nitrogens with zero attached hydrogens (tertiary/aromatic N) is 4. The SMILES string of the molecule is Nc1ccn(Cn2ccc(N)n2)n1. The van der Waals surface area contributed by atoms with Crippen molar-refractivity contribution in [1.82, 2.24) is 19.6 Å². The lowest BCUT2D eigenvalue weighted by Crippen LogP contribution is -2.09. The van der Waals surface area contributed by atoms with Crippen LogP contribution in [0.25, 0.3) is 0 Å². The van der Waals surface area contributed by atoms with E-state index < -0.39 is 0 Å². The average Bonchev–Trinajstić information content (AvgIpc) is 2.62. The molecule has 6 heteroatoms. The van der Waals surface area contributed by atoms with Crippen molar-refractivity contribution in [3.05, 3.63) is 24.5 Å². The van der Waals surface area contributed by atoms with Crippen LogP contribution in [0.3, 0.4) is 0 Å². The number of hydrogen-bond acceptors (Lipinski definition) is 4. The van der Waals surface area contributed by atoms with E-state index in [0.717, 1.165) is 0 Å². The highest BCUT2D eigenvalue weighted by molar-refractivity contribution is 5.24. The van der Waals surface area contributed by atoms with Crippen molar-refractivity contribution < 1.29 is 0 Å². The Morgan fingerprint density at radius 2 is 1.46 bits per heavy atom. The van der Waals surface area contributed by atoms with Gasteiger partial charge in [0.15, 0.2) is 0 Å². The van der Waals surface area contributed by atoms with Crippen molar-refractivity contribution in [1.29, 1.82) is 0 Å². The molecule has 13 heavy (non-hydrogen) atoms. The molecule has 0 saturated heterocycles. The van der Waals surface area contributed by atoms with Crippen LogP contribution in [-0.4, -0.2) is 19.6 Å². The summed E-state index contributed by atoms with van der Waals surface area (Å²) in [7, 11) is 0. The van der Waals surface area contributed by atoms with Crippen LogP contribution in [0.15, 0.2) is 24.5 Å². The van der Waals surface area contributed by atoms with Gasteiger partial charge < -0.3 is 11.5 Å². The fraction of sp³-hybridized carbons (Fsp3) is 0.143. The number of anilines is 2. The quantitative estimate of drug-likeness (QED) is 0.663. The molecule has 0 aliphatic carbocycles. The number of aromatic nitrogens is 4. The summed E-state index contributed by atoms with van der Waals surface area (Å²) in [5.41, 5.74) is 10.9. The van der Waals surface area contributed by atoms with Gasteiger partial charge in [-0.25, -0.2) is 9.36 Å². The molecule has 0 aromatic carbocycles. The summed E-state index contributed by atoms with van der Waals surface area (Å²) in [6, 6.07) is 3.46. The molecule has 0 amide bonds. The van der Waals surface area contributed by atoms with Gasteiger partial charge in [0.2, 0.25) is 0 Å². The van der Waals surface area contributed by atoms with Gasteiger partial charge in [0.1, 0.15) is 18.3 Å². The highest BCUT2D eigenvalue weighted by atomic mass is 15.4. The largest absolute Gasteiger partial charge is 0.382 e. The molecule has 0 atom stereocenters. The van der Waals surface area contributed by atoms with E-state index in [4.69, 9.17) is 11.5 Å². The fourth-order valence-electron chi connectivity index (χ4n) is 1.06. The summed E-state index contributed by atoms with van der Waals surface area (Å²) in [6.45, 7) is 0.522. The van der Waals surface area contributed by atoms with E-state index in [2.05, 4.69) is 10.2 Å². The van der Waals surface area contributed by atoms with Gasteiger partial charge in [0.25, 0.3) is 0 Å². The first-order chi connectivity index (χ1) is 6.24. The predicted octanol–water partition coefficient (Wildman–Crippen LogP) is -0.250. The van der Waals surface area contributed by atoms with Crippen LogP contribution in [0, 0.1) is 0 Å². The monoisotopic (exact) mass is 178 g/mol. The highest BCUT2D eigenvalue weighted by Crippen LogP contribution is 1.99. The van der Waals surface area contributed by atoms with Crippen LogP contribution in [0.2, 0.25) is 0 Å². The number of nitrogen functional groups attached to an aromatic ring is 2. The first-order valence-corrected chi connectivity index (χ1v) is 3.82. The lowest BCUT2D eigenvalue weighted by molar-refractivity contribution is 0.506. The Kier molecular flexibility index (Phi) is 1.66. The van der Waals surface area contributed by atoms with Crippen LogP contribution in [0.5, 0.6) is 0 Å². The molecule has 2 rings (SSSR count). The van der Waals surface area contributed by atoms with Crippen molar-refractivity contribution in [3.63, 3.8) is 0 Å². The molecular formula is C7H10N6. The van der Waals surface area contributed by atoms with E-state index in [0.29, 0.717) is 18.3 Å². The standard InChI is InChI=1S/C7H10N6/c8-6-1-3-12(10-6)5-13-4-2-7(9)11-13/h1-4H,5H2,(H2,8,10)(H2,9,11). The van der Waals surface area contributed by atoms with Crippen molar-refractivity contribution in [2.24, 2.45) is 0 Å². The molecule has 2 heterocycles. The summed E-state index contributed by atoms with van der Waals surface area (Å²) in [5, 5.41) is 8.02. The predicted molar refractivity (Wildman–Crippen MR) is 48.7 cm³/mol. The maximum atomic E-state index is 5.45. The second kappa shape index (κ2) is 2.81. The minimum atomic E-state index is 0.500. The van der Waals surface area contributed by atoms with Crippen molar-refractivity contribution in [2.45, 2.75) is 6.67 Å². The van der Waals surface area contributed by atoms with Crippen LogP contribution >= 0.6 is 0 Å². The second-order valence-corrected chi connectivity index (χ2v) is 2.70. The van der Waals surface area contributed by atoms with Crippen LogP contribution in [0.4, 0.5) is 11.6 Å². The van der Waals surface area contributed by atoms with Gasteiger partial charge in [-0.2, -0.15) is 10.2 Å². The Labute approximate surface area is 74.7 Å². The first-order valence-electron chi connectivity index (χ1n) is 3.82. The minimum absolute atomic E-state index is 0.500. The molecule has 0 unspecified atom stereocenters. The Bertz CT molecular complexity index is 362. The molecule has 4 N–H and O–H groups in total. The molecule has 2 aromatic rings. The normalized spacial score (nSPS) is 10.5. The third-order valence-corrected chi connectivity index (χ3v) is 1.61. The Balaban J connectivity index is 2.14. The lowest BCUT2D eigenvalue weighted by atomic mass is 10.7. The van der Waals surface area contributed by atoms with Crippen molar-refractivity contribution >= 4 is 11.6 Å². The molecule has 0 aliphatic heterocycles. The topological polar surface area (TPSA) is 87.7 Å². The zero-order valence-corrected chi connectivity index (χ0v) is 6.96. The summed E-state index contributed by atoms with van der Waals surface area (Å²) in [4.78, 5) is 0. The van der Waals surface area contributed by atoms with Crippen LogP contribution in [0.1, 0.15) is 0 Å². The summed E-state index contributed by atoms with van der Waals surface area (Å²) in [6.07, 6.45) is 3.57. The molecular weight excluding hydrogens is 168 g/mol. The smallest absolute Gasteiger partial charge is 0.145 e. The Morgan fingerprint density at radius 3 is 1.77 bits per heavy atom. The maximum Gasteiger partial charge on any atom is 0.145 e. The summed E-state index contributed by atoms with van der Waals surface area (Å²) < 4.78 is 3.36. The van der Waals surface area contributed by atoms with Crippen LogP contribution in [-0.2, 0) is 6.67 Å². The van der Waals surface area contributed by atoms with Gasteiger partial charge in [-0.3, -0.25) is 0 Å². The third kappa shape index (κ3) is 1.61. The molecule has 0 spiro atoms. The van der Waals surface area contributed by atoms with Crippen molar-refractivity contribution in [2.75, 3.05) is 11.5 Å². The number of nitrogens with two attached hydrogens (primary N) is 2. The first kappa shape index (κ1) is 7.66. The molecule has 6 nitrogen and oxygen atoms in total. The van der Waals surface area contributed by atoms with Gasteiger partial charge in [0.05, 0.1) is 0 Å². The lowest BCUT2D eigenvalue weighted by Gasteiger charge is -2.00. The summed E-state index contributed by atoms with van der Waals surface area (Å²) in [5.74, 6) is 1.00. The van der Waals surface area contributed by atoms with E-state index in [-0.39, 0.29) is 0 Å². The molecule has 0 fully saturated rings. The van der Waals surface area contributed by atoms with Crippen LogP contribution < -0.4 is 11.5 Å². The molecule has 0 radical (unpaired) electrons. The Morgan fingerprint density at radius 1 is 1.00 bits per heavy atom. The molecule has 0 saturated carbocycles. The average molecular weight is 178 g/mol. The molecule has 0 bridgehead atoms. The summed E-state index contributed by atoms with van der Waals surface area (Å²) >= 11 is 0. The fourth-order valence-corrected chi connectivity index (χ4v) is 1.06. The second-order valence-electron chi connectivity index (χ2n) is 2.70. The molecule has 2 aromatic heterocycles. The highest BCUT2D eigenvalue weighted by Gasteiger charge is 1.96. The number of rotatable bonds is 2. The van der Waals surface area contributed by atoms with Gasteiger partial charge in [-0.1, -0.05) is 0 Å². The van der Waals surface area contributed by atoms with E-state index >= 15 is 0 Å². The van der Waals surface area contributed by atoms with Gasteiger partial charge in [0, 0.05) is 24.5 Å². The maximum absolute atomic E-state index is 5.45. The zero-order chi connectivity index (χ0) is 9.26. The van der Waals surface area contributed by atoms with Gasteiger partial charge in [-0.15, -0.1) is 0 Å². The van der Waals surface area contributed by atoms with Crippen molar-refractivity contribution in [3.8, 4) is 0 Å².